The molecule has 1 aromatic carbocycles. The van der Waals surface area contributed by atoms with Crippen molar-refractivity contribution in [1.29, 1.82) is 5.26 Å². The molecule has 2 rings (SSSR count). The lowest BCUT2D eigenvalue weighted by Crippen LogP contribution is -2.20. The minimum Gasteiger partial charge on any atom is -0.496 e. The van der Waals surface area contributed by atoms with Gasteiger partial charge in [-0.05, 0) is 25.0 Å². The highest BCUT2D eigenvalue weighted by Crippen LogP contribution is 2.40. The van der Waals surface area contributed by atoms with Gasteiger partial charge in [0.05, 0.1) is 19.1 Å². The Kier molecular flexibility index (Phi) is 4.33. The maximum Gasteiger partial charge on any atom is 0.132 e. The van der Waals surface area contributed by atoms with E-state index in [0.29, 0.717) is 5.25 Å². The molecule has 0 N–H and O–H groups in total. The van der Waals surface area contributed by atoms with Crippen LogP contribution in [0.5, 0.6) is 5.75 Å². The van der Waals surface area contributed by atoms with Gasteiger partial charge in [0.15, 0.2) is 0 Å². The van der Waals surface area contributed by atoms with Crippen LogP contribution in [0.25, 0.3) is 0 Å². The number of methoxy groups -OCH3 is 1. The van der Waals surface area contributed by atoms with E-state index in [1.165, 1.54) is 12.8 Å². The Morgan fingerprint density at radius 3 is 2.82 bits per heavy atom. The summed E-state index contributed by atoms with van der Waals surface area (Å²) in [4.78, 5) is 1.15. The van der Waals surface area contributed by atoms with Crippen molar-refractivity contribution in [2.24, 2.45) is 5.92 Å². The lowest BCUT2D eigenvalue weighted by atomic mass is 9.90. The Morgan fingerprint density at radius 1 is 1.29 bits per heavy atom. The van der Waals surface area contributed by atoms with Crippen LogP contribution in [-0.4, -0.2) is 12.4 Å². The molecule has 1 saturated carbocycles. The van der Waals surface area contributed by atoms with Crippen molar-refractivity contribution in [3.05, 3.63) is 24.3 Å². The topological polar surface area (TPSA) is 33.0 Å². The van der Waals surface area contributed by atoms with Gasteiger partial charge in [-0.1, -0.05) is 25.0 Å². The molecule has 17 heavy (non-hydrogen) atoms. The normalized spacial score (nSPS) is 24.0. The number of para-hydroxylation sites is 1. The van der Waals surface area contributed by atoms with Crippen LogP contribution in [0.2, 0.25) is 0 Å². The fraction of sp³-hybridized carbons (Fsp3) is 0.500. The fourth-order valence-electron chi connectivity index (χ4n) is 2.26. The number of hydrogen-bond acceptors (Lipinski definition) is 3. The van der Waals surface area contributed by atoms with Crippen molar-refractivity contribution in [2.45, 2.75) is 35.8 Å². The largest absolute Gasteiger partial charge is 0.496 e. The summed E-state index contributed by atoms with van der Waals surface area (Å²) in [7, 11) is 1.70. The first-order valence-corrected chi connectivity index (χ1v) is 6.92. The smallest absolute Gasteiger partial charge is 0.132 e. The average molecular weight is 247 g/mol. The van der Waals surface area contributed by atoms with Gasteiger partial charge in [0.1, 0.15) is 5.75 Å². The second-order valence-electron chi connectivity index (χ2n) is 4.33. The summed E-state index contributed by atoms with van der Waals surface area (Å²) in [6.45, 7) is 0. The number of benzene rings is 1. The highest BCUT2D eigenvalue weighted by atomic mass is 32.2. The minimum absolute atomic E-state index is 0.193. The van der Waals surface area contributed by atoms with E-state index in [4.69, 9.17) is 4.74 Å². The molecule has 1 aliphatic carbocycles. The van der Waals surface area contributed by atoms with Crippen LogP contribution >= 0.6 is 11.8 Å². The van der Waals surface area contributed by atoms with E-state index < -0.39 is 0 Å². The molecule has 1 aromatic rings. The summed E-state index contributed by atoms with van der Waals surface area (Å²) in [6.07, 6.45) is 4.62. The molecular weight excluding hydrogens is 230 g/mol. The van der Waals surface area contributed by atoms with Gasteiger partial charge in [-0.25, -0.2) is 0 Å². The maximum atomic E-state index is 9.17. The van der Waals surface area contributed by atoms with Crippen LogP contribution in [0.15, 0.2) is 29.2 Å². The van der Waals surface area contributed by atoms with Crippen LogP contribution in [0.3, 0.4) is 0 Å². The number of rotatable bonds is 3. The molecule has 0 radical (unpaired) electrons. The fourth-order valence-corrected chi connectivity index (χ4v) is 3.66. The van der Waals surface area contributed by atoms with E-state index in [1.54, 1.807) is 18.9 Å². The Hall–Kier alpha value is -1.14. The van der Waals surface area contributed by atoms with E-state index in [1.807, 2.05) is 18.2 Å². The highest BCUT2D eigenvalue weighted by Gasteiger charge is 2.26. The van der Waals surface area contributed by atoms with Crippen molar-refractivity contribution < 1.29 is 4.74 Å². The van der Waals surface area contributed by atoms with Gasteiger partial charge in [0, 0.05) is 10.1 Å². The van der Waals surface area contributed by atoms with Gasteiger partial charge in [-0.15, -0.1) is 11.8 Å². The van der Waals surface area contributed by atoms with Gasteiger partial charge >= 0.3 is 0 Å². The molecule has 0 amide bonds. The average Bonchev–Trinajstić information content (AvgIpc) is 2.40. The maximum absolute atomic E-state index is 9.17. The standard InChI is InChI=1S/C14H17NOS/c1-16-12-7-3-5-9-14(12)17-13-8-4-2-6-11(13)10-15/h3,5,7,9,11,13H,2,4,6,8H2,1H3. The van der Waals surface area contributed by atoms with Crippen LogP contribution in [0, 0.1) is 17.2 Å². The SMILES string of the molecule is COc1ccccc1SC1CCCCC1C#N. The molecule has 0 bridgehead atoms. The van der Waals surface area contributed by atoms with E-state index in [-0.39, 0.29) is 5.92 Å². The summed E-state index contributed by atoms with van der Waals surface area (Å²) in [6, 6.07) is 10.5. The van der Waals surface area contributed by atoms with Gasteiger partial charge in [0.2, 0.25) is 0 Å². The molecule has 1 fully saturated rings. The summed E-state index contributed by atoms with van der Waals surface area (Å²) in [5.41, 5.74) is 0. The molecule has 2 nitrogen and oxygen atoms in total. The van der Waals surface area contributed by atoms with E-state index >= 15 is 0 Å². The molecule has 0 aliphatic heterocycles. The Bertz CT molecular complexity index is 413. The third-order valence-corrected chi connectivity index (χ3v) is 4.67. The zero-order chi connectivity index (χ0) is 12.1. The molecule has 2 unspecified atom stereocenters. The van der Waals surface area contributed by atoms with Crippen molar-refractivity contribution in [2.75, 3.05) is 7.11 Å². The van der Waals surface area contributed by atoms with Crippen LogP contribution in [0.4, 0.5) is 0 Å². The number of nitriles is 1. The monoisotopic (exact) mass is 247 g/mol. The van der Waals surface area contributed by atoms with Crippen molar-refractivity contribution >= 4 is 11.8 Å². The minimum atomic E-state index is 0.193. The van der Waals surface area contributed by atoms with E-state index in [2.05, 4.69) is 12.1 Å². The van der Waals surface area contributed by atoms with Gasteiger partial charge in [-0.3, -0.25) is 0 Å². The Balaban J connectivity index is 2.11. The van der Waals surface area contributed by atoms with Gasteiger partial charge < -0.3 is 4.74 Å². The predicted molar refractivity (Wildman–Crippen MR) is 70.2 cm³/mol. The first kappa shape index (κ1) is 12.3. The van der Waals surface area contributed by atoms with Crippen molar-refractivity contribution in [3.8, 4) is 11.8 Å². The second kappa shape index (κ2) is 5.97. The second-order valence-corrected chi connectivity index (χ2v) is 5.61. The summed E-state index contributed by atoms with van der Waals surface area (Å²) >= 11 is 1.80. The van der Waals surface area contributed by atoms with Crippen molar-refractivity contribution in [1.82, 2.24) is 0 Å². The van der Waals surface area contributed by atoms with Gasteiger partial charge in [0.25, 0.3) is 0 Å². The summed E-state index contributed by atoms with van der Waals surface area (Å²) in [5.74, 6) is 1.11. The zero-order valence-corrected chi connectivity index (χ0v) is 10.9. The first-order valence-electron chi connectivity index (χ1n) is 6.04. The van der Waals surface area contributed by atoms with Crippen molar-refractivity contribution in [3.63, 3.8) is 0 Å². The molecule has 0 saturated heterocycles. The number of nitrogens with zero attached hydrogens (tertiary/aromatic N) is 1. The summed E-state index contributed by atoms with van der Waals surface area (Å²) in [5, 5.41) is 9.59. The third kappa shape index (κ3) is 2.95. The summed E-state index contributed by atoms with van der Waals surface area (Å²) < 4.78 is 5.35. The Morgan fingerprint density at radius 2 is 2.06 bits per heavy atom. The molecule has 0 heterocycles. The molecule has 0 aromatic heterocycles. The first-order chi connectivity index (χ1) is 8.35. The molecule has 3 heteroatoms. The molecule has 1 aliphatic rings. The van der Waals surface area contributed by atoms with E-state index in [9.17, 15) is 5.26 Å². The van der Waals surface area contributed by atoms with Crippen LogP contribution in [-0.2, 0) is 0 Å². The molecular formula is C14H17NOS. The van der Waals surface area contributed by atoms with E-state index in [0.717, 1.165) is 23.5 Å². The number of thioether (sulfide) groups is 1. The number of hydrogen-bond donors (Lipinski definition) is 0. The highest BCUT2D eigenvalue weighted by molar-refractivity contribution is 8.00. The van der Waals surface area contributed by atoms with Crippen LogP contribution < -0.4 is 4.74 Å². The zero-order valence-electron chi connectivity index (χ0n) is 10.1. The predicted octanol–water partition coefficient (Wildman–Crippen LogP) is 3.87. The van der Waals surface area contributed by atoms with Gasteiger partial charge in [-0.2, -0.15) is 5.26 Å². The number of ether oxygens (including phenoxy) is 1. The quantitative estimate of drug-likeness (QED) is 0.813. The lowest BCUT2D eigenvalue weighted by molar-refractivity contribution is 0.403. The lowest BCUT2D eigenvalue weighted by Gasteiger charge is -2.26. The third-order valence-electron chi connectivity index (χ3n) is 3.22. The molecule has 90 valence electrons. The molecule has 2 atom stereocenters. The molecule has 0 spiro atoms. The Labute approximate surface area is 107 Å². The van der Waals surface area contributed by atoms with Crippen LogP contribution in [0.1, 0.15) is 25.7 Å².